The van der Waals surface area contributed by atoms with Crippen LogP contribution in [0.2, 0.25) is 0 Å². The number of hydrogen-bond acceptors (Lipinski definition) is 5. The molecule has 0 amide bonds. The van der Waals surface area contributed by atoms with Crippen LogP contribution in [0.3, 0.4) is 0 Å². The Bertz CT molecular complexity index is 1350. The van der Waals surface area contributed by atoms with Crippen LogP contribution in [0.1, 0.15) is 23.1 Å². The standard InChI is InChI=1S/C27H28FN3O2S/c1-19-7-8-22(16-24(19)27-25(28)5-3-12-29-27)30-26-6-2-4-21-17-31(14-10-23(21)26)13-9-20-11-15-34(32,33)18-20/h2-9,12-13,16,20,30H,10-11,14-15,17-18H2,1H3. The second-order valence-corrected chi connectivity index (χ2v) is 11.4. The minimum absolute atomic E-state index is 0.124. The zero-order valence-electron chi connectivity index (χ0n) is 19.2. The maximum absolute atomic E-state index is 14.4. The number of nitrogens with one attached hydrogen (secondary N) is 1. The van der Waals surface area contributed by atoms with Crippen molar-refractivity contribution in [1.29, 1.82) is 0 Å². The molecule has 5 rings (SSSR count). The van der Waals surface area contributed by atoms with Gasteiger partial charge in [-0.15, -0.1) is 0 Å². The summed E-state index contributed by atoms with van der Waals surface area (Å²) >= 11 is 0. The van der Waals surface area contributed by atoms with Crippen molar-refractivity contribution in [3.8, 4) is 11.3 Å². The van der Waals surface area contributed by atoms with Gasteiger partial charge in [0, 0.05) is 36.2 Å². The van der Waals surface area contributed by atoms with E-state index in [1.54, 1.807) is 12.3 Å². The number of anilines is 2. The summed E-state index contributed by atoms with van der Waals surface area (Å²) in [5, 5.41) is 3.54. The largest absolute Gasteiger partial charge is 0.373 e. The Morgan fingerprint density at radius 2 is 2.06 bits per heavy atom. The highest BCUT2D eigenvalue weighted by molar-refractivity contribution is 7.91. The summed E-state index contributed by atoms with van der Waals surface area (Å²) in [6.07, 6.45) is 7.35. The fraction of sp³-hybridized carbons (Fsp3) is 0.296. The smallest absolute Gasteiger partial charge is 0.150 e. The highest BCUT2D eigenvalue weighted by atomic mass is 32.2. The van der Waals surface area contributed by atoms with E-state index < -0.39 is 9.84 Å². The Labute approximate surface area is 200 Å². The molecule has 1 atom stereocenters. The van der Waals surface area contributed by atoms with Crippen LogP contribution in [0.4, 0.5) is 15.8 Å². The number of aromatic nitrogens is 1. The normalized spacial score (nSPS) is 19.4. The first-order valence-electron chi connectivity index (χ1n) is 11.6. The van der Waals surface area contributed by atoms with E-state index in [1.165, 1.54) is 17.2 Å². The third-order valence-corrected chi connectivity index (χ3v) is 8.46. The Hall–Kier alpha value is -3.19. The average molecular weight is 478 g/mol. The molecule has 0 bridgehead atoms. The maximum Gasteiger partial charge on any atom is 0.150 e. The molecule has 1 saturated heterocycles. The Morgan fingerprint density at radius 1 is 1.18 bits per heavy atom. The molecule has 0 spiro atoms. The summed E-state index contributed by atoms with van der Waals surface area (Å²) in [5.41, 5.74) is 6.58. The molecule has 1 N–H and O–H groups in total. The number of pyridine rings is 1. The highest BCUT2D eigenvalue weighted by Crippen LogP contribution is 2.32. The van der Waals surface area contributed by atoms with E-state index in [-0.39, 0.29) is 17.5 Å². The lowest BCUT2D eigenvalue weighted by molar-refractivity contribution is 0.350. The van der Waals surface area contributed by atoms with Crippen LogP contribution in [0, 0.1) is 18.7 Å². The van der Waals surface area contributed by atoms with Gasteiger partial charge in [-0.25, -0.2) is 12.8 Å². The molecule has 176 valence electrons. The first-order valence-corrected chi connectivity index (χ1v) is 13.4. The lowest BCUT2D eigenvalue weighted by Gasteiger charge is -2.29. The molecule has 1 aromatic heterocycles. The van der Waals surface area contributed by atoms with Gasteiger partial charge in [0.05, 0.1) is 11.5 Å². The highest BCUT2D eigenvalue weighted by Gasteiger charge is 2.26. The van der Waals surface area contributed by atoms with Crippen molar-refractivity contribution in [3.63, 3.8) is 0 Å². The molecule has 0 saturated carbocycles. The van der Waals surface area contributed by atoms with Crippen LogP contribution in [-0.2, 0) is 22.8 Å². The molecule has 7 heteroatoms. The number of hydrogen-bond donors (Lipinski definition) is 1. The SMILES string of the molecule is Cc1ccc(Nc2cccc3c2CCN(C=CC2CCS(=O)(=O)C2)C3)cc1-c1ncccc1F. The molecule has 1 unspecified atom stereocenters. The van der Waals surface area contributed by atoms with Crippen LogP contribution in [0.15, 0.2) is 67.0 Å². The van der Waals surface area contributed by atoms with Crippen molar-refractivity contribution in [1.82, 2.24) is 9.88 Å². The number of allylic oxidation sites excluding steroid dienone is 1. The number of sulfone groups is 1. The van der Waals surface area contributed by atoms with Crippen LogP contribution in [-0.4, -0.2) is 36.4 Å². The fourth-order valence-corrected chi connectivity index (χ4v) is 6.55. The maximum atomic E-state index is 14.4. The second kappa shape index (κ2) is 9.22. The molecule has 2 aliphatic heterocycles. The lowest BCUT2D eigenvalue weighted by Crippen LogP contribution is -2.26. The number of benzene rings is 2. The zero-order chi connectivity index (χ0) is 23.7. The first-order chi connectivity index (χ1) is 16.4. The third-order valence-electron chi connectivity index (χ3n) is 6.66. The first kappa shape index (κ1) is 22.6. The van der Waals surface area contributed by atoms with Gasteiger partial charge in [0.2, 0.25) is 0 Å². The van der Waals surface area contributed by atoms with E-state index in [4.69, 9.17) is 0 Å². The molecule has 3 aromatic rings. The van der Waals surface area contributed by atoms with Crippen molar-refractivity contribution in [2.75, 3.05) is 23.4 Å². The van der Waals surface area contributed by atoms with Crippen molar-refractivity contribution in [3.05, 3.63) is 89.5 Å². The number of rotatable bonds is 5. The Balaban J connectivity index is 1.33. The number of fused-ring (bicyclic) bond motifs is 1. The summed E-state index contributed by atoms with van der Waals surface area (Å²) in [4.78, 5) is 6.50. The molecule has 0 aliphatic carbocycles. The predicted molar refractivity (Wildman–Crippen MR) is 134 cm³/mol. The summed E-state index contributed by atoms with van der Waals surface area (Å²) in [5.74, 6) is 0.360. The lowest BCUT2D eigenvalue weighted by atomic mass is 9.97. The van der Waals surface area contributed by atoms with E-state index in [9.17, 15) is 12.8 Å². The van der Waals surface area contributed by atoms with Gasteiger partial charge < -0.3 is 10.2 Å². The topological polar surface area (TPSA) is 62.3 Å². The van der Waals surface area contributed by atoms with E-state index in [0.717, 1.165) is 48.4 Å². The van der Waals surface area contributed by atoms with E-state index in [1.807, 2.05) is 31.2 Å². The van der Waals surface area contributed by atoms with Crippen molar-refractivity contribution >= 4 is 21.2 Å². The zero-order valence-corrected chi connectivity index (χ0v) is 20.0. The molecule has 3 heterocycles. The summed E-state index contributed by atoms with van der Waals surface area (Å²) in [6, 6.07) is 15.2. The predicted octanol–water partition coefficient (Wildman–Crippen LogP) is 5.25. The van der Waals surface area contributed by atoms with Gasteiger partial charge in [0.1, 0.15) is 11.5 Å². The van der Waals surface area contributed by atoms with Crippen molar-refractivity contribution in [2.45, 2.75) is 26.3 Å². The summed E-state index contributed by atoms with van der Waals surface area (Å²) < 4.78 is 37.8. The molecule has 1 fully saturated rings. The van der Waals surface area contributed by atoms with Gasteiger partial charge >= 0.3 is 0 Å². The molecular weight excluding hydrogens is 449 g/mol. The van der Waals surface area contributed by atoms with Gasteiger partial charge in [0.15, 0.2) is 9.84 Å². The van der Waals surface area contributed by atoms with Crippen LogP contribution >= 0.6 is 0 Å². The molecular formula is C27H28FN3O2S. The van der Waals surface area contributed by atoms with Gasteiger partial charge in [-0.05, 0) is 78.9 Å². The van der Waals surface area contributed by atoms with E-state index >= 15 is 0 Å². The van der Waals surface area contributed by atoms with Crippen molar-refractivity contribution in [2.24, 2.45) is 5.92 Å². The molecule has 2 aliphatic rings. The monoisotopic (exact) mass is 477 g/mol. The van der Waals surface area contributed by atoms with Crippen LogP contribution in [0.5, 0.6) is 0 Å². The van der Waals surface area contributed by atoms with Gasteiger partial charge in [-0.1, -0.05) is 24.3 Å². The van der Waals surface area contributed by atoms with Gasteiger partial charge in [-0.2, -0.15) is 0 Å². The van der Waals surface area contributed by atoms with E-state index in [2.05, 4.69) is 39.6 Å². The van der Waals surface area contributed by atoms with Crippen LogP contribution in [0.25, 0.3) is 11.3 Å². The summed E-state index contributed by atoms with van der Waals surface area (Å²) in [7, 11) is -2.86. The molecule has 5 nitrogen and oxygen atoms in total. The van der Waals surface area contributed by atoms with Gasteiger partial charge in [-0.3, -0.25) is 4.98 Å². The third kappa shape index (κ3) is 4.85. The quantitative estimate of drug-likeness (QED) is 0.544. The summed E-state index contributed by atoms with van der Waals surface area (Å²) in [6.45, 7) is 3.62. The van der Waals surface area contributed by atoms with Crippen LogP contribution < -0.4 is 5.32 Å². The Kier molecular flexibility index (Phi) is 6.13. The van der Waals surface area contributed by atoms with Gasteiger partial charge in [0.25, 0.3) is 0 Å². The minimum atomic E-state index is -2.86. The number of aryl methyl sites for hydroxylation is 1. The minimum Gasteiger partial charge on any atom is -0.373 e. The van der Waals surface area contributed by atoms with E-state index in [0.29, 0.717) is 11.4 Å². The second-order valence-electron chi connectivity index (χ2n) is 9.16. The fourth-order valence-electron chi connectivity index (χ4n) is 4.79. The molecule has 2 aromatic carbocycles. The number of nitrogens with zero attached hydrogens (tertiary/aromatic N) is 2. The molecule has 0 radical (unpaired) electrons. The molecule has 34 heavy (non-hydrogen) atoms. The van der Waals surface area contributed by atoms with Crippen molar-refractivity contribution < 1.29 is 12.8 Å². The number of halogens is 1. The average Bonchev–Trinajstić information content (AvgIpc) is 3.18. The Morgan fingerprint density at radius 3 is 2.85 bits per heavy atom.